The van der Waals surface area contributed by atoms with E-state index in [1.54, 1.807) is 11.8 Å². The van der Waals surface area contributed by atoms with Crippen molar-refractivity contribution in [2.75, 3.05) is 11.4 Å². The fourth-order valence-corrected chi connectivity index (χ4v) is 2.18. The van der Waals surface area contributed by atoms with Crippen LogP contribution in [0.4, 0.5) is 5.69 Å². The van der Waals surface area contributed by atoms with Crippen molar-refractivity contribution in [2.45, 2.75) is 19.4 Å². The highest BCUT2D eigenvalue weighted by Gasteiger charge is 2.26. The smallest absolute Gasteiger partial charge is 0.243 e. The lowest BCUT2D eigenvalue weighted by molar-refractivity contribution is -0.119. The first-order chi connectivity index (χ1) is 7.09. The largest absolute Gasteiger partial charge is 0.320 e. The van der Waals surface area contributed by atoms with E-state index in [1.807, 2.05) is 18.2 Å². The Morgan fingerprint density at radius 1 is 1.56 bits per heavy atom. The van der Waals surface area contributed by atoms with E-state index >= 15 is 0 Å². The summed E-state index contributed by atoms with van der Waals surface area (Å²) in [6.07, 6.45) is 0.918. The molecule has 0 spiro atoms. The van der Waals surface area contributed by atoms with E-state index in [1.165, 1.54) is 5.56 Å². The summed E-state index contributed by atoms with van der Waals surface area (Å²) in [6, 6.07) is 5.59. The van der Waals surface area contributed by atoms with E-state index in [9.17, 15) is 4.79 Å². The van der Waals surface area contributed by atoms with Crippen LogP contribution < -0.4 is 10.6 Å². The third-order valence-electron chi connectivity index (χ3n) is 2.60. The molecule has 5 heteroatoms. The van der Waals surface area contributed by atoms with Gasteiger partial charge < -0.3 is 10.6 Å². The standard InChI is InChI=1S/C11H13BrN2O.ClH/c1-7(13)11(15)14-5-4-8-2-3-9(12)6-10(8)14;/h2-3,6-7H,4-5,13H2,1H3;1H. The minimum Gasteiger partial charge on any atom is -0.320 e. The molecule has 0 saturated carbocycles. The summed E-state index contributed by atoms with van der Waals surface area (Å²) in [4.78, 5) is 13.6. The lowest BCUT2D eigenvalue weighted by Crippen LogP contribution is -2.41. The van der Waals surface area contributed by atoms with Crippen LogP contribution in [-0.2, 0) is 11.2 Å². The van der Waals surface area contributed by atoms with E-state index in [-0.39, 0.29) is 18.3 Å². The maximum absolute atomic E-state index is 11.8. The Bertz CT molecular complexity index is 409. The number of hydrogen-bond donors (Lipinski definition) is 1. The Balaban J connectivity index is 0.00000128. The van der Waals surface area contributed by atoms with Gasteiger partial charge in [0.1, 0.15) is 0 Å². The molecular formula is C11H14BrClN2O. The number of nitrogens with two attached hydrogens (primary N) is 1. The topological polar surface area (TPSA) is 46.3 Å². The Morgan fingerprint density at radius 3 is 2.88 bits per heavy atom. The van der Waals surface area contributed by atoms with Gasteiger partial charge in [0.05, 0.1) is 6.04 Å². The van der Waals surface area contributed by atoms with Gasteiger partial charge in [-0.05, 0) is 31.0 Å². The number of halogens is 2. The van der Waals surface area contributed by atoms with Gasteiger partial charge in [0, 0.05) is 16.7 Å². The third kappa shape index (κ3) is 2.39. The van der Waals surface area contributed by atoms with Gasteiger partial charge in [0.15, 0.2) is 0 Å². The normalized spacial score (nSPS) is 15.3. The first kappa shape index (κ1) is 13.5. The number of carbonyl (C=O) groups excluding carboxylic acids is 1. The van der Waals surface area contributed by atoms with Gasteiger partial charge in [-0.25, -0.2) is 0 Å². The quantitative estimate of drug-likeness (QED) is 0.864. The van der Waals surface area contributed by atoms with Gasteiger partial charge in [-0.3, -0.25) is 4.79 Å². The molecule has 0 saturated heterocycles. The van der Waals surface area contributed by atoms with Crippen LogP contribution in [0.25, 0.3) is 0 Å². The summed E-state index contributed by atoms with van der Waals surface area (Å²) in [5, 5.41) is 0. The Morgan fingerprint density at radius 2 is 2.25 bits per heavy atom. The molecule has 0 radical (unpaired) electrons. The lowest BCUT2D eigenvalue weighted by atomic mass is 10.2. The van der Waals surface area contributed by atoms with Crippen molar-refractivity contribution >= 4 is 39.9 Å². The van der Waals surface area contributed by atoms with E-state index in [0.717, 1.165) is 23.1 Å². The first-order valence-electron chi connectivity index (χ1n) is 4.95. The highest BCUT2D eigenvalue weighted by Crippen LogP contribution is 2.31. The summed E-state index contributed by atoms with van der Waals surface area (Å²) < 4.78 is 0.991. The zero-order valence-corrected chi connectivity index (χ0v) is 11.3. The van der Waals surface area contributed by atoms with Crippen LogP contribution >= 0.6 is 28.3 Å². The molecule has 1 aliphatic rings. The van der Waals surface area contributed by atoms with Crippen molar-refractivity contribution in [1.82, 2.24) is 0 Å². The van der Waals surface area contributed by atoms with Gasteiger partial charge in [-0.15, -0.1) is 12.4 Å². The van der Waals surface area contributed by atoms with E-state index in [2.05, 4.69) is 15.9 Å². The molecule has 1 heterocycles. The molecule has 1 aliphatic heterocycles. The number of fused-ring (bicyclic) bond motifs is 1. The van der Waals surface area contributed by atoms with Crippen molar-refractivity contribution in [3.8, 4) is 0 Å². The molecule has 0 aromatic heterocycles. The predicted octanol–water partition coefficient (Wildman–Crippen LogP) is 2.11. The van der Waals surface area contributed by atoms with E-state index < -0.39 is 6.04 Å². The number of amides is 1. The molecular weight excluding hydrogens is 291 g/mol. The molecule has 0 aliphatic carbocycles. The molecule has 2 N–H and O–H groups in total. The zero-order chi connectivity index (χ0) is 11.0. The van der Waals surface area contributed by atoms with Crippen molar-refractivity contribution in [3.63, 3.8) is 0 Å². The fraction of sp³-hybridized carbons (Fsp3) is 0.364. The maximum atomic E-state index is 11.8. The molecule has 88 valence electrons. The number of rotatable bonds is 1. The molecule has 1 aromatic carbocycles. The molecule has 1 atom stereocenters. The zero-order valence-electron chi connectivity index (χ0n) is 8.94. The average Bonchev–Trinajstić information content (AvgIpc) is 2.59. The maximum Gasteiger partial charge on any atom is 0.243 e. The van der Waals surface area contributed by atoms with Crippen LogP contribution in [-0.4, -0.2) is 18.5 Å². The summed E-state index contributed by atoms with van der Waals surface area (Å²) in [5.41, 5.74) is 7.82. The average molecular weight is 306 g/mol. The van der Waals surface area contributed by atoms with Gasteiger partial charge >= 0.3 is 0 Å². The minimum absolute atomic E-state index is 0. The number of hydrogen-bond acceptors (Lipinski definition) is 2. The number of anilines is 1. The molecule has 0 fully saturated rings. The molecule has 1 aromatic rings. The van der Waals surface area contributed by atoms with Crippen LogP contribution in [0.2, 0.25) is 0 Å². The summed E-state index contributed by atoms with van der Waals surface area (Å²) in [6.45, 7) is 2.46. The second kappa shape index (κ2) is 5.17. The van der Waals surface area contributed by atoms with E-state index in [0.29, 0.717) is 0 Å². The summed E-state index contributed by atoms with van der Waals surface area (Å²) >= 11 is 3.41. The molecule has 0 bridgehead atoms. The van der Waals surface area contributed by atoms with Crippen molar-refractivity contribution in [2.24, 2.45) is 5.73 Å². The highest BCUT2D eigenvalue weighted by atomic mass is 79.9. The van der Waals surface area contributed by atoms with Crippen LogP contribution in [0.5, 0.6) is 0 Å². The van der Waals surface area contributed by atoms with Crippen LogP contribution in [0.1, 0.15) is 12.5 Å². The molecule has 1 unspecified atom stereocenters. The van der Waals surface area contributed by atoms with Gasteiger partial charge in [-0.2, -0.15) is 0 Å². The predicted molar refractivity (Wildman–Crippen MR) is 71.1 cm³/mol. The third-order valence-corrected chi connectivity index (χ3v) is 3.09. The van der Waals surface area contributed by atoms with Crippen molar-refractivity contribution in [3.05, 3.63) is 28.2 Å². The minimum atomic E-state index is -0.435. The van der Waals surface area contributed by atoms with Crippen molar-refractivity contribution < 1.29 is 4.79 Å². The first-order valence-corrected chi connectivity index (χ1v) is 5.74. The van der Waals surface area contributed by atoms with Gasteiger partial charge in [0.2, 0.25) is 5.91 Å². The molecule has 1 amide bonds. The second-order valence-electron chi connectivity index (χ2n) is 3.80. The van der Waals surface area contributed by atoms with Crippen molar-refractivity contribution in [1.29, 1.82) is 0 Å². The highest BCUT2D eigenvalue weighted by molar-refractivity contribution is 9.10. The SMILES string of the molecule is CC(N)C(=O)N1CCc2ccc(Br)cc21.Cl. The summed E-state index contributed by atoms with van der Waals surface area (Å²) in [7, 11) is 0. The number of carbonyl (C=O) groups is 1. The summed E-state index contributed by atoms with van der Waals surface area (Å²) in [5.74, 6) is -0.00755. The Hall–Kier alpha value is -0.580. The second-order valence-corrected chi connectivity index (χ2v) is 4.72. The number of benzene rings is 1. The van der Waals surface area contributed by atoms with Crippen LogP contribution in [0.15, 0.2) is 22.7 Å². The van der Waals surface area contributed by atoms with E-state index in [4.69, 9.17) is 5.73 Å². The fourth-order valence-electron chi connectivity index (χ4n) is 1.83. The monoisotopic (exact) mass is 304 g/mol. The molecule has 16 heavy (non-hydrogen) atoms. The Labute approximate surface area is 110 Å². The van der Waals surface area contributed by atoms with Crippen LogP contribution in [0, 0.1) is 0 Å². The van der Waals surface area contributed by atoms with Gasteiger partial charge in [0.25, 0.3) is 0 Å². The van der Waals surface area contributed by atoms with Crippen LogP contribution in [0.3, 0.4) is 0 Å². The molecule has 3 nitrogen and oxygen atoms in total. The number of nitrogens with zero attached hydrogens (tertiary/aromatic N) is 1. The lowest BCUT2D eigenvalue weighted by Gasteiger charge is -2.19. The molecule has 2 rings (SSSR count). The Kier molecular flexibility index (Phi) is 4.35. The van der Waals surface area contributed by atoms with Gasteiger partial charge in [-0.1, -0.05) is 22.0 Å².